The molecule has 0 atom stereocenters. The predicted octanol–water partition coefficient (Wildman–Crippen LogP) is 4.59. The molecule has 0 aliphatic rings. The highest BCUT2D eigenvalue weighted by Gasteiger charge is 2.11. The molecule has 0 aliphatic heterocycles. The normalized spacial score (nSPS) is 11.0. The van der Waals surface area contributed by atoms with Gasteiger partial charge in [-0.2, -0.15) is 4.98 Å². The molecule has 0 amide bonds. The molecular formula is C16H11Cl2N3O2. The number of hydrogen-bond donors (Lipinski definition) is 0. The molecule has 2 aromatic carbocycles. The van der Waals surface area contributed by atoms with Gasteiger partial charge in [0.05, 0.1) is 11.2 Å². The predicted molar refractivity (Wildman–Crippen MR) is 88.6 cm³/mol. The fraction of sp³-hybridized carbons (Fsp3) is 0.0625. The van der Waals surface area contributed by atoms with Crippen LogP contribution in [0.25, 0.3) is 11.4 Å². The lowest BCUT2D eigenvalue weighted by atomic mass is 10.2. The van der Waals surface area contributed by atoms with Gasteiger partial charge in [0.25, 0.3) is 5.89 Å². The Bertz CT molecular complexity index is 816. The van der Waals surface area contributed by atoms with Crippen LogP contribution in [0.15, 0.2) is 58.2 Å². The Kier molecular flexibility index (Phi) is 4.90. The minimum Gasteiger partial charge on any atom is -0.386 e. The molecule has 0 unspecified atom stereocenters. The summed E-state index contributed by atoms with van der Waals surface area (Å²) in [4.78, 5) is 9.36. The Hall–Kier alpha value is -2.37. The van der Waals surface area contributed by atoms with E-state index in [0.29, 0.717) is 27.3 Å². The first-order valence-electron chi connectivity index (χ1n) is 6.71. The molecule has 116 valence electrons. The third-order valence-corrected chi connectivity index (χ3v) is 3.50. The minimum absolute atomic E-state index is 0.0710. The topological polar surface area (TPSA) is 60.5 Å². The molecule has 3 aromatic rings. The lowest BCUT2D eigenvalue weighted by Gasteiger charge is -1.96. The molecule has 0 saturated carbocycles. The van der Waals surface area contributed by atoms with E-state index >= 15 is 0 Å². The minimum atomic E-state index is 0.0710. The van der Waals surface area contributed by atoms with Crippen molar-refractivity contribution in [1.29, 1.82) is 0 Å². The number of rotatable bonds is 5. The van der Waals surface area contributed by atoms with Crippen LogP contribution in [0.1, 0.15) is 11.5 Å². The fourth-order valence-electron chi connectivity index (χ4n) is 1.80. The van der Waals surface area contributed by atoms with Crippen LogP contribution in [0.3, 0.4) is 0 Å². The average molecular weight is 348 g/mol. The number of aromatic nitrogens is 2. The molecule has 1 heterocycles. The van der Waals surface area contributed by atoms with Gasteiger partial charge in [-0.05, 0) is 29.8 Å². The SMILES string of the molecule is Clc1ccc(/C=N\OCc2nc(-c3ccccc3Cl)no2)cc1. The van der Waals surface area contributed by atoms with E-state index < -0.39 is 0 Å². The van der Waals surface area contributed by atoms with Crippen LogP contribution in [0.5, 0.6) is 0 Å². The summed E-state index contributed by atoms with van der Waals surface area (Å²) in [7, 11) is 0. The van der Waals surface area contributed by atoms with E-state index in [0.717, 1.165) is 5.56 Å². The number of benzene rings is 2. The second-order valence-electron chi connectivity index (χ2n) is 4.55. The van der Waals surface area contributed by atoms with E-state index in [-0.39, 0.29) is 6.61 Å². The van der Waals surface area contributed by atoms with Crippen molar-refractivity contribution >= 4 is 29.4 Å². The number of halogens is 2. The van der Waals surface area contributed by atoms with Gasteiger partial charge < -0.3 is 9.36 Å². The molecule has 0 fully saturated rings. The van der Waals surface area contributed by atoms with Crippen LogP contribution in [0, 0.1) is 0 Å². The lowest BCUT2D eigenvalue weighted by Crippen LogP contribution is -1.89. The number of nitrogens with zero attached hydrogens (tertiary/aromatic N) is 3. The zero-order valence-electron chi connectivity index (χ0n) is 11.8. The monoisotopic (exact) mass is 347 g/mol. The third-order valence-electron chi connectivity index (χ3n) is 2.92. The number of oxime groups is 1. The Labute approximate surface area is 142 Å². The van der Waals surface area contributed by atoms with Crippen molar-refractivity contribution in [3.63, 3.8) is 0 Å². The molecule has 1 aromatic heterocycles. The molecule has 7 heteroatoms. The van der Waals surface area contributed by atoms with Gasteiger partial charge in [0.1, 0.15) is 0 Å². The standard InChI is InChI=1S/C16H11Cl2N3O2/c17-12-7-5-11(6-8-12)9-19-22-10-15-20-16(21-23-15)13-3-1-2-4-14(13)18/h1-9H,10H2/b19-9-. The highest BCUT2D eigenvalue weighted by atomic mass is 35.5. The van der Waals surface area contributed by atoms with Gasteiger partial charge in [0, 0.05) is 10.6 Å². The van der Waals surface area contributed by atoms with Crippen LogP contribution in [0.2, 0.25) is 10.0 Å². The maximum Gasteiger partial charge on any atom is 0.267 e. The second kappa shape index (κ2) is 7.26. The Morgan fingerprint density at radius 3 is 2.65 bits per heavy atom. The van der Waals surface area contributed by atoms with Crippen LogP contribution in [-0.4, -0.2) is 16.4 Å². The van der Waals surface area contributed by atoms with Gasteiger partial charge in [-0.1, -0.05) is 57.8 Å². The van der Waals surface area contributed by atoms with Gasteiger partial charge >= 0.3 is 0 Å². The van der Waals surface area contributed by atoms with Gasteiger partial charge in [0.15, 0.2) is 6.61 Å². The van der Waals surface area contributed by atoms with E-state index in [4.69, 9.17) is 32.6 Å². The summed E-state index contributed by atoms with van der Waals surface area (Å²) in [5.41, 5.74) is 1.57. The zero-order chi connectivity index (χ0) is 16.1. The Morgan fingerprint density at radius 2 is 1.87 bits per heavy atom. The van der Waals surface area contributed by atoms with Crippen LogP contribution >= 0.6 is 23.2 Å². The van der Waals surface area contributed by atoms with Crippen LogP contribution in [0.4, 0.5) is 0 Å². The van der Waals surface area contributed by atoms with Gasteiger partial charge in [-0.15, -0.1) is 0 Å². The van der Waals surface area contributed by atoms with Gasteiger partial charge in [0.2, 0.25) is 5.82 Å². The van der Waals surface area contributed by atoms with Gasteiger partial charge in [-0.25, -0.2) is 0 Å². The van der Waals surface area contributed by atoms with E-state index in [1.165, 1.54) is 0 Å². The Morgan fingerprint density at radius 1 is 1.09 bits per heavy atom. The first-order chi connectivity index (χ1) is 11.2. The van der Waals surface area contributed by atoms with Crippen molar-refractivity contribution < 1.29 is 9.36 Å². The quantitative estimate of drug-likeness (QED) is 0.500. The zero-order valence-corrected chi connectivity index (χ0v) is 13.3. The molecule has 0 saturated heterocycles. The highest BCUT2D eigenvalue weighted by molar-refractivity contribution is 6.33. The number of hydrogen-bond acceptors (Lipinski definition) is 5. The van der Waals surface area contributed by atoms with Crippen molar-refractivity contribution in [3.05, 3.63) is 70.0 Å². The van der Waals surface area contributed by atoms with E-state index in [2.05, 4.69) is 15.3 Å². The first kappa shape index (κ1) is 15.5. The summed E-state index contributed by atoms with van der Waals surface area (Å²) in [6.07, 6.45) is 1.57. The summed E-state index contributed by atoms with van der Waals surface area (Å²) >= 11 is 11.9. The summed E-state index contributed by atoms with van der Waals surface area (Å²) in [5.74, 6) is 0.726. The van der Waals surface area contributed by atoms with Crippen LogP contribution < -0.4 is 0 Å². The molecular weight excluding hydrogens is 337 g/mol. The molecule has 5 nitrogen and oxygen atoms in total. The lowest BCUT2D eigenvalue weighted by molar-refractivity contribution is 0.107. The fourth-order valence-corrected chi connectivity index (χ4v) is 2.15. The first-order valence-corrected chi connectivity index (χ1v) is 7.46. The van der Waals surface area contributed by atoms with Crippen molar-refractivity contribution in [2.45, 2.75) is 6.61 Å². The molecule has 0 bridgehead atoms. The average Bonchev–Trinajstić information content (AvgIpc) is 3.02. The highest BCUT2D eigenvalue weighted by Crippen LogP contribution is 2.24. The van der Waals surface area contributed by atoms with E-state index in [9.17, 15) is 0 Å². The van der Waals surface area contributed by atoms with Crippen LogP contribution in [-0.2, 0) is 11.4 Å². The van der Waals surface area contributed by atoms with E-state index in [1.54, 1.807) is 24.4 Å². The largest absolute Gasteiger partial charge is 0.386 e. The van der Waals surface area contributed by atoms with Crippen molar-refractivity contribution in [1.82, 2.24) is 10.1 Å². The molecule has 0 N–H and O–H groups in total. The third kappa shape index (κ3) is 4.09. The molecule has 3 rings (SSSR count). The van der Waals surface area contributed by atoms with Gasteiger partial charge in [-0.3, -0.25) is 0 Å². The molecule has 0 radical (unpaired) electrons. The maximum atomic E-state index is 6.09. The second-order valence-corrected chi connectivity index (χ2v) is 5.39. The maximum absolute atomic E-state index is 6.09. The summed E-state index contributed by atoms with van der Waals surface area (Å²) in [6.45, 7) is 0.0710. The molecule has 0 aliphatic carbocycles. The van der Waals surface area contributed by atoms with E-state index in [1.807, 2.05) is 30.3 Å². The van der Waals surface area contributed by atoms with Crippen molar-refractivity contribution in [3.8, 4) is 11.4 Å². The Balaban J connectivity index is 1.59. The summed E-state index contributed by atoms with van der Waals surface area (Å²) < 4.78 is 5.11. The summed E-state index contributed by atoms with van der Waals surface area (Å²) in [6, 6.07) is 14.5. The van der Waals surface area contributed by atoms with Crippen molar-refractivity contribution in [2.24, 2.45) is 5.16 Å². The molecule has 0 spiro atoms. The molecule has 23 heavy (non-hydrogen) atoms. The smallest absolute Gasteiger partial charge is 0.267 e. The summed E-state index contributed by atoms with van der Waals surface area (Å²) in [5, 5.41) is 8.95. The van der Waals surface area contributed by atoms with Crippen molar-refractivity contribution in [2.75, 3.05) is 0 Å².